The molecule has 7 heteroatoms. The maximum Gasteiger partial charge on any atom is 0.337 e. The number of nitrogens with zero attached hydrogens (tertiary/aromatic N) is 4. The molecule has 0 spiro atoms. The highest BCUT2D eigenvalue weighted by molar-refractivity contribution is 5.90. The number of carbonyl (C=O) groups excluding carboxylic acids is 2. The van der Waals surface area contributed by atoms with Crippen LogP contribution in [0.25, 0.3) is 16.9 Å². The van der Waals surface area contributed by atoms with Gasteiger partial charge in [0.15, 0.2) is 12.0 Å². The zero-order chi connectivity index (χ0) is 16.2. The molecule has 0 N–H and O–H groups in total. The van der Waals surface area contributed by atoms with Gasteiger partial charge in [0, 0.05) is 18.0 Å². The Hall–Kier alpha value is -3.35. The van der Waals surface area contributed by atoms with Crippen molar-refractivity contribution in [2.75, 3.05) is 7.11 Å². The van der Waals surface area contributed by atoms with E-state index in [9.17, 15) is 9.59 Å². The highest BCUT2D eigenvalue weighted by Gasteiger charge is 2.17. The molecule has 114 valence electrons. The fraction of sp³-hybridized carbons (Fsp3) is 0.0625. The molecule has 0 aliphatic carbocycles. The van der Waals surface area contributed by atoms with Crippen molar-refractivity contribution in [3.63, 3.8) is 0 Å². The highest BCUT2D eigenvalue weighted by atomic mass is 16.5. The number of hydrogen-bond donors (Lipinski definition) is 0. The second-order valence-corrected chi connectivity index (χ2v) is 4.64. The van der Waals surface area contributed by atoms with Gasteiger partial charge < -0.3 is 4.74 Å². The number of hydrogen-bond acceptors (Lipinski definition) is 6. The number of aromatic nitrogens is 4. The van der Waals surface area contributed by atoms with E-state index in [1.54, 1.807) is 48.8 Å². The van der Waals surface area contributed by atoms with Crippen LogP contribution in [-0.2, 0) is 4.74 Å². The van der Waals surface area contributed by atoms with Gasteiger partial charge in [-0.05, 0) is 30.3 Å². The second-order valence-electron chi connectivity index (χ2n) is 4.64. The SMILES string of the molecule is COC(=O)c1cccc(-n2nnc(C=O)c2-c2cccnc2)c1. The molecule has 0 fully saturated rings. The van der Waals surface area contributed by atoms with Crippen LogP contribution in [0.3, 0.4) is 0 Å². The summed E-state index contributed by atoms with van der Waals surface area (Å²) in [6.07, 6.45) is 3.89. The van der Waals surface area contributed by atoms with Gasteiger partial charge in [0.05, 0.1) is 18.4 Å². The van der Waals surface area contributed by atoms with Crippen LogP contribution in [0.4, 0.5) is 0 Å². The molecule has 3 aromatic rings. The number of aldehydes is 1. The van der Waals surface area contributed by atoms with Gasteiger partial charge in [0.25, 0.3) is 0 Å². The van der Waals surface area contributed by atoms with Crippen LogP contribution in [-0.4, -0.2) is 39.3 Å². The minimum atomic E-state index is -0.453. The van der Waals surface area contributed by atoms with Gasteiger partial charge in [-0.25, -0.2) is 9.48 Å². The van der Waals surface area contributed by atoms with E-state index in [4.69, 9.17) is 4.74 Å². The normalized spacial score (nSPS) is 10.3. The fourth-order valence-corrected chi connectivity index (χ4v) is 2.21. The van der Waals surface area contributed by atoms with Crippen molar-refractivity contribution in [2.45, 2.75) is 0 Å². The Morgan fingerprint density at radius 2 is 2.13 bits per heavy atom. The van der Waals surface area contributed by atoms with Crippen LogP contribution in [0.5, 0.6) is 0 Å². The molecule has 1 aromatic carbocycles. The van der Waals surface area contributed by atoms with E-state index in [0.29, 0.717) is 28.8 Å². The molecule has 0 saturated carbocycles. The molecule has 0 aliphatic rings. The fourth-order valence-electron chi connectivity index (χ4n) is 2.21. The summed E-state index contributed by atoms with van der Waals surface area (Å²) in [6, 6.07) is 10.3. The summed E-state index contributed by atoms with van der Waals surface area (Å²) in [5, 5.41) is 7.90. The van der Waals surface area contributed by atoms with Gasteiger partial charge >= 0.3 is 5.97 Å². The molecular weight excluding hydrogens is 296 g/mol. The Balaban J connectivity index is 2.16. The van der Waals surface area contributed by atoms with Crippen molar-refractivity contribution in [1.82, 2.24) is 20.0 Å². The van der Waals surface area contributed by atoms with E-state index >= 15 is 0 Å². The van der Waals surface area contributed by atoms with E-state index in [1.807, 2.05) is 0 Å². The quantitative estimate of drug-likeness (QED) is 0.540. The van der Waals surface area contributed by atoms with E-state index in [2.05, 4.69) is 15.3 Å². The molecule has 0 saturated heterocycles. The van der Waals surface area contributed by atoms with Crippen LogP contribution in [0.15, 0.2) is 48.8 Å². The minimum Gasteiger partial charge on any atom is -0.465 e. The predicted octanol–water partition coefficient (Wildman–Crippen LogP) is 1.93. The minimum absolute atomic E-state index is 0.196. The highest BCUT2D eigenvalue weighted by Crippen LogP contribution is 2.24. The van der Waals surface area contributed by atoms with Gasteiger partial charge in [-0.2, -0.15) is 0 Å². The Morgan fingerprint density at radius 1 is 1.26 bits per heavy atom. The number of pyridine rings is 1. The van der Waals surface area contributed by atoms with E-state index in [0.717, 1.165) is 0 Å². The van der Waals surface area contributed by atoms with Crippen molar-refractivity contribution >= 4 is 12.3 Å². The zero-order valence-corrected chi connectivity index (χ0v) is 12.2. The van der Waals surface area contributed by atoms with E-state index < -0.39 is 5.97 Å². The Labute approximate surface area is 131 Å². The molecule has 0 amide bonds. The predicted molar refractivity (Wildman–Crippen MR) is 81.3 cm³/mol. The Morgan fingerprint density at radius 3 is 2.83 bits per heavy atom. The topological polar surface area (TPSA) is 87.0 Å². The van der Waals surface area contributed by atoms with Crippen LogP contribution in [0, 0.1) is 0 Å². The number of methoxy groups -OCH3 is 1. The molecule has 0 unspecified atom stereocenters. The van der Waals surface area contributed by atoms with Crippen LogP contribution in [0.1, 0.15) is 20.8 Å². The second kappa shape index (κ2) is 6.18. The van der Waals surface area contributed by atoms with Gasteiger partial charge in [-0.15, -0.1) is 5.10 Å². The maximum absolute atomic E-state index is 11.7. The largest absolute Gasteiger partial charge is 0.465 e. The number of esters is 1. The van der Waals surface area contributed by atoms with Gasteiger partial charge in [0.1, 0.15) is 5.69 Å². The third-order valence-corrected chi connectivity index (χ3v) is 3.25. The average Bonchev–Trinajstić information content (AvgIpc) is 3.06. The number of benzene rings is 1. The first-order valence-corrected chi connectivity index (χ1v) is 6.74. The Kier molecular flexibility index (Phi) is 3.92. The molecule has 0 atom stereocenters. The summed E-state index contributed by atoms with van der Waals surface area (Å²) in [7, 11) is 1.32. The van der Waals surface area contributed by atoms with E-state index in [-0.39, 0.29) is 5.69 Å². The third-order valence-electron chi connectivity index (χ3n) is 3.25. The molecule has 0 bridgehead atoms. The smallest absolute Gasteiger partial charge is 0.337 e. The summed E-state index contributed by atoms with van der Waals surface area (Å²) in [4.78, 5) is 27.0. The summed E-state index contributed by atoms with van der Waals surface area (Å²) in [5.74, 6) is -0.453. The van der Waals surface area contributed by atoms with Crippen LogP contribution < -0.4 is 0 Å². The molecular formula is C16H12N4O3. The van der Waals surface area contributed by atoms with Crippen molar-refractivity contribution in [1.29, 1.82) is 0 Å². The molecule has 2 heterocycles. The Bertz CT molecular complexity index is 859. The monoisotopic (exact) mass is 308 g/mol. The summed E-state index contributed by atoms with van der Waals surface area (Å²) in [5.41, 5.74) is 2.37. The first-order chi connectivity index (χ1) is 11.2. The zero-order valence-electron chi connectivity index (χ0n) is 12.2. The summed E-state index contributed by atoms with van der Waals surface area (Å²) >= 11 is 0. The molecule has 7 nitrogen and oxygen atoms in total. The average molecular weight is 308 g/mol. The lowest BCUT2D eigenvalue weighted by atomic mass is 10.1. The first-order valence-electron chi connectivity index (χ1n) is 6.74. The van der Waals surface area contributed by atoms with Crippen LogP contribution in [0.2, 0.25) is 0 Å². The molecule has 2 aromatic heterocycles. The summed E-state index contributed by atoms with van der Waals surface area (Å²) < 4.78 is 6.21. The summed E-state index contributed by atoms with van der Waals surface area (Å²) in [6.45, 7) is 0. The van der Waals surface area contributed by atoms with Crippen molar-refractivity contribution in [3.8, 4) is 16.9 Å². The molecule has 0 radical (unpaired) electrons. The number of carbonyl (C=O) groups is 2. The molecule has 23 heavy (non-hydrogen) atoms. The lowest BCUT2D eigenvalue weighted by molar-refractivity contribution is 0.0600. The van der Waals surface area contributed by atoms with Gasteiger partial charge in [-0.1, -0.05) is 11.3 Å². The van der Waals surface area contributed by atoms with Crippen LogP contribution >= 0.6 is 0 Å². The van der Waals surface area contributed by atoms with E-state index in [1.165, 1.54) is 11.8 Å². The van der Waals surface area contributed by atoms with Gasteiger partial charge in [0.2, 0.25) is 0 Å². The molecule has 3 rings (SSSR count). The maximum atomic E-state index is 11.7. The number of rotatable bonds is 4. The third kappa shape index (κ3) is 2.71. The first kappa shape index (κ1) is 14.6. The van der Waals surface area contributed by atoms with Crippen molar-refractivity contribution < 1.29 is 14.3 Å². The molecule has 0 aliphatic heterocycles. The van der Waals surface area contributed by atoms with Gasteiger partial charge in [-0.3, -0.25) is 9.78 Å². The van der Waals surface area contributed by atoms with Crippen molar-refractivity contribution in [2.24, 2.45) is 0 Å². The lowest BCUT2D eigenvalue weighted by Gasteiger charge is -2.08. The van der Waals surface area contributed by atoms with Crippen molar-refractivity contribution in [3.05, 3.63) is 60.0 Å². The standard InChI is InChI=1S/C16H12N4O3/c1-23-16(22)11-4-2-6-13(8-11)20-15(14(10-21)18-19-20)12-5-3-7-17-9-12/h2-10H,1H3. The number of ether oxygens (including phenoxy) is 1. The lowest BCUT2D eigenvalue weighted by Crippen LogP contribution is -2.05.